The standard InChI is InChI=1S/C11H17ClN2/c1-2-3-4-5-6-9-7-10(12)8-14-11(9)13/h7-8H,2-6H2,1H3,(H2,13,14). The van der Waals surface area contributed by atoms with Gasteiger partial charge in [-0.15, -0.1) is 0 Å². The summed E-state index contributed by atoms with van der Waals surface area (Å²) in [5.41, 5.74) is 6.81. The highest BCUT2D eigenvalue weighted by Gasteiger charge is 2.01. The normalized spacial score (nSPS) is 10.4. The molecule has 1 aromatic rings. The van der Waals surface area contributed by atoms with Crippen LogP contribution in [0.3, 0.4) is 0 Å². The van der Waals surface area contributed by atoms with E-state index in [1.54, 1.807) is 6.20 Å². The molecule has 0 aliphatic carbocycles. The second-order valence-electron chi connectivity index (χ2n) is 3.51. The van der Waals surface area contributed by atoms with Crippen LogP contribution in [-0.2, 0) is 6.42 Å². The van der Waals surface area contributed by atoms with E-state index in [1.807, 2.05) is 6.07 Å². The highest BCUT2D eigenvalue weighted by molar-refractivity contribution is 6.30. The van der Waals surface area contributed by atoms with Gasteiger partial charge in [-0.25, -0.2) is 4.98 Å². The van der Waals surface area contributed by atoms with Crippen molar-refractivity contribution in [1.29, 1.82) is 0 Å². The number of hydrogen-bond donors (Lipinski definition) is 1. The Morgan fingerprint density at radius 3 is 2.86 bits per heavy atom. The number of nitrogens with two attached hydrogens (primary N) is 1. The van der Waals surface area contributed by atoms with Crippen molar-refractivity contribution in [1.82, 2.24) is 4.98 Å². The minimum Gasteiger partial charge on any atom is -0.383 e. The average molecular weight is 213 g/mol. The van der Waals surface area contributed by atoms with E-state index in [9.17, 15) is 0 Å². The Hall–Kier alpha value is -0.760. The summed E-state index contributed by atoms with van der Waals surface area (Å²) in [5, 5.41) is 0.671. The fourth-order valence-corrected chi connectivity index (χ4v) is 1.61. The quantitative estimate of drug-likeness (QED) is 0.760. The molecule has 78 valence electrons. The van der Waals surface area contributed by atoms with E-state index >= 15 is 0 Å². The first-order valence-electron chi connectivity index (χ1n) is 5.14. The van der Waals surface area contributed by atoms with Crippen molar-refractivity contribution in [3.63, 3.8) is 0 Å². The Balaban J connectivity index is 2.45. The van der Waals surface area contributed by atoms with Crippen LogP contribution in [0.1, 0.15) is 38.2 Å². The molecule has 0 spiro atoms. The van der Waals surface area contributed by atoms with Crippen LogP contribution in [0, 0.1) is 0 Å². The second kappa shape index (κ2) is 5.86. The van der Waals surface area contributed by atoms with Gasteiger partial charge in [-0.3, -0.25) is 0 Å². The molecular weight excluding hydrogens is 196 g/mol. The first-order valence-corrected chi connectivity index (χ1v) is 5.51. The largest absolute Gasteiger partial charge is 0.383 e. The molecule has 1 rings (SSSR count). The van der Waals surface area contributed by atoms with E-state index in [4.69, 9.17) is 17.3 Å². The van der Waals surface area contributed by atoms with E-state index in [1.165, 1.54) is 25.7 Å². The van der Waals surface area contributed by atoms with Gasteiger partial charge in [0.05, 0.1) is 5.02 Å². The van der Waals surface area contributed by atoms with Crippen LogP contribution in [0.25, 0.3) is 0 Å². The van der Waals surface area contributed by atoms with Crippen molar-refractivity contribution in [2.75, 3.05) is 5.73 Å². The van der Waals surface area contributed by atoms with E-state index < -0.39 is 0 Å². The molecule has 0 fully saturated rings. The number of halogens is 1. The van der Waals surface area contributed by atoms with Crippen molar-refractivity contribution in [2.45, 2.75) is 39.0 Å². The lowest BCUT2D eigenvalue weighted by molar-refractivity contribution is 0.667. The Morgan fingerprint density at radius 1 is 1.36 bits per heavy atom. The molecule has 0 atom stereocenters. The van der Waals surface area contributed by atoms with Crippen molar-refractivity contribution in [3.05, 3.63) is 22.8 Å². The summed E-state index contributed by atoms with van der Waals surface area (Å²) in [7, 11) is 0. The molecule has 0 aromatic carbocycles. The lowest BCUT2D eigenvalue weighted by atomic mass is 10.1. The van der Waals surface area contributed by atoms with Crippen LogP contribution < -0.4 is 5.73 Å². The second-order valence-corrected chi connectivity index (χ2v) is 3.94. The summed E-state index contributed by atoms with van der Waals surface area (Å²) in [5.74, 6) is 0.617. The van der Waals surface area contributed by atoms with Crippen LogP contribution in [0.2, 0.25) is 5.02 Å². The third-order valence-corrected chi connectivity index (χ3v) is 2.47. The summed E-state index contributed by atoms with van der Waals surface area (Å²) >= 11 is 5.84. The van der Waals surface area contributed by atoms with E-state index in [0.717, 1.165) is 12.0 Å². The Kier molecular flexibility index (Phi) is 4.74. The smallest absolute Gasteiger partial charge is 0.126 e. The maximum atomic E-state index is 5.84. The molecule has 1 heterocycles. The molecule has 0 aliphatic rings. The Bertz CT molecular complexity index is 287. The molecule has 2 N–H and O–H groups in total. The maximum absolute atomic E-state index is 5.84. The van der Waals surface area contributed by atoms with Crippen molar-refractivity contribution in [2.24, 2.45) is 0 Å². The van der Waals surface area contributed by atoms with E-state index in [0.29, 0.717) is 10.8 Å². The van der Waals surface area contributed by atoms with Crippen LogP contribution >= 0.6 is 11.6 Å². The van der Waals surface area contributed by atoms with E-state index in [-0.39, 0.29) is 0 Å². The van der Waals surface area contributed by atoms with Gasteiger partial charge in [0, 0.05) is 6.20 Å². The molecular formula is C11H17ClN2. The van der Waals surface area contributed by atoms with Gasteiger partial charge in [0.25, 0.3) is 0 Å². The van der Waals surface area contributed by atoms with Crippen molar-refractivity contribution >= 4 is 17.4 Å². The minimum absolute atomic E-state index is 0.617. The Labute approximate surface area is 90.5 Å². The summed E-state index contributed by atoms with van der Waals surface area (Å²) in [6.45, 7) is 2.20. The molecule has 0 aliphatic heterocycles. The third kappa shape index (κ3) is 3.54. The van der Waals surface area contributed by atoms with E-state index in [2.05, 4.69) is 11.9 Å². The zero-order chi connectivity index (χ0) is 10.4. The van der Waals surface area contributed by atoms with Gasteiger partial charge < -0.3 is 5.73 Å². The van der Waals surface area contributed by atoms with Crippen LogP contribution in [0.5, 0.6) is 0 Å². The third-order valence-electron chi connectivity index (χ3n) is 2.27. The van der Waals surface area contributed by atoms with Gasteiger partial charge >= 0.3 is 0 Å². The predicted molar refractivity (Wildman–Crippen MR) is 61.5 cm³/mol. The fourth-order valence-electron chi connectivity index (χ4n) is 1.43. The molecule has 0 saturated carbocycles. The zero-order valence-electron chi connectivity index (χ0n) is 8.59. The molecule has 2 nitrogen and oxygen atoms in total. The monoisotopic (exact) mass is 212 g/mol. The van der Waals surface area contributed by atoms with Gasteiger partial charge in [0.2, 0.25) is 0 Å². The van der Waals surface area contributed by atoms with Gasteiger partial charge in [0.1, 0.15) is 5.82 Å². The first kappa shape index (κ1) is 11.3. The number of anilines is 1. The number of pyridine rings is 1. The number of rotatable bonds is 5. The zero-order valence-corrected chi connectivity index (χ0v) is 9.35. The first-order chi connectivity index (χ1) is 6.74. The summed E-state index contributed by atoms with van der Waals surface area (Å²) in [4.78, 5) is 4.02. The molecule has 0 radical (unpaired) electrons. The molecule has 14 heavy (non-hydrogen) atoms. The molecule has 0 amide bonds. The van der Waals surface area contributed by atoms with Crippen LogP contribution in [0.15, 0.2) is 12.3 Å². The maximum Gasteiger partial charge on any atom is 0.126 e. The number of aromatic nitrogens is 1. The van der Waals surface area contributed by atoms with Crippen molar-refractivity contribution in [3.8, 4) is 0 Å². The van der Waals surface area contributed by atoms with Gasteiger partial charge in [-0.1, -0.05) is 37.8 Å². The summed E-state index contributed by atoms with van der Waals surface area (Å²) < 4.78 is 0. The number of aryl methyl sites for hydroxylation is 1. The highest BCUT2D eigenvalue weighted by Crippen LogP contribution is 2.17. The molecule has 0 bridgehead atoms. The van der Waals surface area contributed by atoms with Crippen molar-refractivity contribution < 1.29 is 0 Å². The van der Waals surface area contributed by atoms with Crippen LogP contribution in [-0.4, -0.2) is 4.98 Å². The number of nitrogen functional groups attached to an aromatic ring is 1. The van der Waals surface area contributed by atoms with Gasteiger partial charge in [-0.05, 0) is 24.5 Å². The number of unbranched alkanes of at least 4 members (excludes halogenated alkanes) is 3. The van der Waals surface area contributed by atoms with Gasteiger partial charge in [0.15, 0.2) is 0 Å². The lowest BCUT2D eigenvalue weighted by Crippen LogP contribution is -1.97. The summed E-state index contributed by atoms with van der Waals surface area (Å²) in [6, 6.07) is 1.91. The number of nitrogens with zero attached hydrogens (tertiary/aromatic N) is 1. The molecule has 1 aromatic heterocycles. The minimum atomic E-state index is 0.617. The highest BCUT2D eigenvalue weighted by atomic mass is 35.5. The topological polar surface area (TPSA) is 38.9 Å². The van der Waals surface area contributed by atoms with Gasteiger partial charge in [-0.2, -0.15) is 0 Å². The van der Waals surface area contributed by atoms with Crippen LogP contribution in [0.4, 0.5) is 5.82 Å². The number of hydrogen-bond acceptors (Lipinski definition) is 2. The summed E-state index contributed by atoms with van der Waals surface area (Å²) in [6.07, 6.45) is 7.53. The fraction of sp³-hybridized carbons (Fsp3) is 0.545. The SMILES string of the molecule is CCCCCCc1cc(Cl)cnc1N. The Morgan fingerprint density at radius 2 is 2.14 bits per heavy atom. The molecule has 0 unspecified atom stereocenters. The molecule has 0 saturated heterocycles. The lowest BCUT2D eigenvalue weighted by Gasteiger charge is -2.04. The molecule has 3 heteroatoms. The average Bonchev–Trinajstić information content (AvgIpc) is 2.18. The predicted octanol–water partition coefficient (Wildman–Crippen LogP) is 3.44.